The molecule has 0 aliphatic rings. The van der Waals surface area contributed by atoms with Crippen molar-refractivity contribution in [3.63, 3.8) is 0 Å². The molecule has 1 aromatic carbocycles. The van der Waals surface area contributed by atoms with Gasteiger partial charge in [0.25, 0.3) is 0 Å². The van der Waals surface area contributed by atoms with Crippen LogP contribution in [-0.2, 0) is 0 Å². The Hall–Kier alpha value is -1.97. The molecule has 0 aromatic heterocycles. The quantitative estimate of drug-likeness (QED) is 0.588. The molecule has 0 unspecified atom stereocenters. The zero-order valence-corrected chi connectivity index (χ0v) is 12.2. The van der Waals surface area contributed by atoms with Gasteiger partial charge in [-0.15, -0.1) is 0 Å². The molecule has 0 atom stereocenters. The molecule has 2 N–H and O–H groups in total. The van der Waals surface area contributed by atoms with Gasteiger partial charge in [-0.2, -0.15) is 0 Å². The highest BCUT2D eigenvalue weighted by atomic mass is 19.1. The van der Waals surface area contributed by atoms with E-state index in [1.54, 1.807) is 26.8 Å². The molecule has 1 aromatic rings. The molecule has 0 heterocycles. The van der Waals surface area contributed by atoms with E-state index < -0.39 is 5.82 Å². The van der Waals surface area contributed by atoms with Gasteiger partial charge in [0.1, 0.15) is 0 Å². The van der Waals surface area contributed by atoms with Crippen molar-refractivity contribution >= 4 is 5.57 Å². The van der Waals surface area contributed by atoms with Crippen molar-refractivity contribution in [1.29, 1.82) is 0 Å². The first kappa shape index (κ1) is 16.1. The van der Waals surface area contributed by atoms with Gasteiger partial charge in [0.05, 0.1) is 18.1 Å². The van der Waals surface area contributed by atoms with Crippen LogP contribution >= 0.6 is 0 Å². The molecule has 3 nitrogen and oxygen atoms in total. The predicted molar refractivity (Wildman–Crippen MR) is 78.5 cm³/mol. The van der Waals surface area contributed by atoms with Gasteiger partial charge in [0.15, 0.2) is 11.6 Å². The fourth-order valence-corrected chi connectivity index (χ4v) is 1.79. The fraction of sp³-hybridized carbons (Fsp3) is 0.375. The van der Waals surface area contributed by atoms with E-state index in [1.165, 1.54) is 6.07 Å². The van der Waals surface area contributed by atoms with E-state index in [-0.39, 0.29) is 17.3 Å². The molecular weight excluding hydrogens is 259 g/mol. The number of rotatable bonds is 6. The zero-order valence-electron chi connectivity index (χ0n) is 12.2. The molecule has 4 heteroatoms. The van der Waals surface area contributed by atoms with E-state index in [9.17, 15) is 9.50 Å². The Morgan fingerprint density at radius 3 is 2.45 bits per heavy atom. The van der Waals surface area contributed by atoms with Gasteiger partial charge in [0, 0.05) is 6.42 Å². The fourth-order valence-electron chi connectivity index (χ4n) is 1.79. The third-order valence-corrected chi connectivity index (χ3v) is 3.06. The number of hydrogen-bond acceptors (Lipinski definition) is 3. The summed E-state index contributed by atoms with van der Waals surface area (Å²) in [5.41, 5.74) is 1.94. The van der Waals surface area contributed by atoms with Gasteiger partial charge >= 0.3 is 0 Å². The van der Waals surface area contributed by atoms with E-state index in [4.69, 9.17) is 9.84 Å². The Labute approximate surface area is 119 Å². The lowest BCUT2D eigenvalue weighted by Gasteiger charge is -2.12. The molecule has 0 bridgehead atoms. The second-order valence-electron chi connectivity index (χ2n) is 4.83. The van der Waals surface area contributed by atoms with Crippen molar-refractivity contribution in [1.82, 2.24) is 0 Å². The minimum absolute atomic E-state index is 0.0975. The van der Waals surface area contributed by atoms with Crippen LogP contribution in [0.1, 0.15) is 37.8 Å². The van der Waals surface area contributed by atoms with Crippen LogP contribution in [0.2, 0.25) is 0 Å². The van der Waals surface area contributed by atoms with Crippen LogP contribution in [0.3, 0.4) is 0 Å². The van der Waals surface area contributed by atoms with E-state index in [0.29, 0.717) is 36.1 Å². The van der Waals surface area contributed by atoms with Crippen molar-refractivity contribution in [3.8, 4) is 5.75 Å². The Balaban J connectivity index is 2.85. The van der Waals surface area contributed by atoms with Gasteiger partial charge in [-0.1, -0.05) is 6.58 Å². The van der Waals surface area contributed by atoms with Crippen LogP contribution in [-0.4, -0.2) is 16.8 Å². The minimum atomic E-state index is -0.455. The number of ether oxygens (including phenoxy) is 1. The van der Waals surface area contributed by atoms with E-state index in [2.05, 4.69) is 6.58 Å². The lowest BCUT2D eigenvalue weighted by Crippen LogP contribution is -2.02. The van der Waals surface area contributed by atoms with Crippen molar-refractivity contribution in [3.05, 3.63) is 47.2 Å². The molecule has 0 saturated carbocycles. The highest BCUT2D eigenvalue weighted by Crippen LogP contribution is 2.28. The average Bonchev–Trinajstić information content (AvgIpc) is 2.35. The maximum Gasteiger partial charge on any atom is 0.165 e. The summed E-state index contributed by atoms with van der Waals surface area (Å²) in [7, 11) is 0. The molecular formula is C16H21FO3. The standard InChI is InChI=1S/C16H21FO3/c1-10-8-14(12(3)13(4)19)9-15(17)16(10)20-7-5-6-11(2)18/h8-9,18-19H,2,5-7H2,1,3-4H3/b13-12-. The first-order valence-corrected chi connectivity index (χ1v) is 6.49. The summed E-state index contributed by atoms with van der Waals surface area (Å²) in [5, 5.41) is 18.4. The third-order valence-electron chi connectivity index (χ3n) is 3.06. The van der Waals surface area contributed by atoms with E-state index in [1.807, 2.05) is 0 Å². The Kier molecular flexibility index (Phi) is 5.62. The number of halogens is 1. The number of aryl methyl sites for hydroxylation is 1. The molecule has 0 spiro atoms. The van der Waals surface area contributed by atoms with Crippen molar-refractivity contribution < 1.29 is 19.3 Å². The van der Waals surface area contributed by atoms with Crippen LogP contribution in [0.25, 0.3) is 5.57 Å². The molecule has 0 saturated heterocycles. The highest BCUT2D eigenvalue weighted by molar-refractivity contribution is 5.66. The molecule has 0 radical (unpaired) electrons. The smallest absolute Gasteiger partial charge is 0.165 e. The largest absolute Gasteiger partial charge is 0.513 e. The third kappa shape index (κ3) is 4.30. The van der Waals surface area contributed by atoms with Gasteiger partial charge in [0.2, 0.25) is 0 Å². The second kappa shape index (κ2) is 6.98. The van der Waals surface area contributed by atoms with E-state index >= 15 is 0 Å². The predicted octanol–water partition coefficient (Wildman–Crippen LogP) is 4.67. The average molecular weight is 280 g/mol. The highest BCUT2D eigenvalue weighted by Gasteiger charge is 2.11. The van der Waals surface area contributed by atoms with Crippen molar-refractivity contribution in [2.75, 3.05) is 6.61 Å². The Morgan fingerprint density at radius 2 is 1.95 bits per heavy atom. The summed E-state index contributed by atoms with van der Waals surface area (Å²) in [5.74, 6) is 0.0170. The monoisotopic (exact) mass is 280 g/mol. The molecule has 1 rings (SSSR count). The van der Waals surface area contributed by atoms with Crippen LogP contribution in [0, 0.1) is 12.7 Å². The Bertz CT molecular complexity index is 506. The van der Waals surface area contributed by atoms with Crippen molar-refractivity contribution in [2.24, 2.45) is 0 Å². The first-order chi connectivity index (χ1) is 9.32. The first-order valence-electron chi connectivity index (χ1n) is 6.49. The summed E-state index contributed by atoms with van der Waals surface area (Å²) in [4.78, 5) is 0. The number of benzene rings is 1. The molecule has 0 aliphatic carbocycles. The van der Waals surface area contributed by atoms with Crippen LogP contribution < -0.4 is 4.74 Å². The molecule has 0 fully saturated rings. The zero-order chi connectivity index (χ0) is 15.3. The normalized spacial score (nSPS) is 12.0. The van der Waals surface area contributed by atoms with Crippen LogP contribution in [0.5, 0.6) is 5.75 Å². The minimum Gasteiger partial charge on any atom is -0.513 e. The molecule has 110 valence electrons. The lowest BCUT2D eigenvalue weighted by atomic mass is 10.0. The van der Waals surface area contributed by atoms with Crippen LogP contribution in [0.15, 0.2) is 30.2 Å². The summed E-state index contributed by atoms with van der Waals surface area (Å²) in [6, 6.07) is 3.13. The van der Waals surface area contributed by atoms with Gasteiger partial charge in [-0.3, -0.25) is 0 Å². The number of aliphatic hydroxyl groups is 2. The van der Waals surface area contributed by atoms with E-state index in [0.717, 1.165) is 0 Å². The summed E-state index contributed by atoms with van der Waals surface area (Å²) < 4.78 is 19.4. The topological polar surface area (TPSA) is 49.7 Å². The van der Waals surface area contributed by atoms with Gasteiger partial charge in [-0.25, -0.2) is 4.39 Å². The summed E-state index contributed by atoms with van der Waals surface area (Å²) in [6.07, 6.45) is 1.01. The maximum absolute atomic E-state index is 14.0. The molecule has 0 amide bonds. The second-order valence-corrected chi connectivity index (χ2v) is 4.83. The molecule has 20 heavy (non-hydrogen) atoms. The Morgan fingerprint density at radius 1 is 1.30 bits per heavy atom. The van der Waals surface area contributed by atoms with Crippen LogP contribution in [0.4, 0.5) is 4.39 Å². The maximum atomic E-state index is 14.0. The number of allylic oxidation sites excluding steroid dienone is 3. The number of hydrogen-bond donors (Lipinski definition) is 2. The lowest BCUT2D eigenvalue weighted by molar-refractivity contribution is 0.282. The van der Waals surface area contributed by atoms with Crippen molar-refractivity contribution in [2.45, 2.75) is 33.6 Å². The van der Waals surface area contributed by atoms with Gasteiger partial charge in [-0.05, 0) is 56.0 Å². The molecule has 0 aliphatic heterocycles. The summed E-state index contributed by atoms with van der Waals surface area (Å²) in [6.45, 7) is 8.74. The number of aliphatic hydroxyl groups excluding tert-OH is 2. The summed E-state index contributed by atoms with van der Waals surface area (Å²) >= 11 is 0. The van der Waals surface area contributed by atoms with Gasteiger partial charge < -0.3 is 14.9 Å². The SMILES string of the molecule is C=C(O)CCCOc1c(C)cc(/C(C)=C(/C)O)cc1F.